The molecule has 2 aromatic heterocycles. The van der Waals surface area contributed by atoms with Crippen molar-refractivity contribution in [2.24, 2.45) is 0 Å². The molecular weight excluding hydrogens is 392 g/mol. The summed E-state index contributed by atoms with van der Waals surface area (Å²) in [5.74, 6) is -0.758. The standard InChI is InChI=1S/C25H22N2O4/c1-16-8-9-19-18(14-31-25(19)17(16)2)12-24(29)30-15-23(28)21-13-27(11-5-10-26)22-7-4-3-6-20(21)22/h3-4,6-9,13-14H,5,11-12,15H2,1-2H3. The first-order chi connectivity index (χ1) is 15.0. The zero-order chi connectivity index (χ0) is 22.0. The minimum absolute atomic E-state index is 0.0344. The monoisotopic (exact) mass is 414 g/mol. The van der Waals surface area contributed by atoms with Gasteiger partial charge in [-0.05, 0) is 31.0 Å². The van der Waals surface area contributed by atoms with Gasteiger partial charge in [0, 0.05) is 40.2 Å². The van der Waals surface area contributed by atoms with Gasteiger partial charge in [0.25, 0.3) is 0 Å². The number of ketones is 1. The minimum atomic E-state index is -0.484. The molecule has 156 valence electrons. The van der Waals surface area contributed by atoms with Crippen LogP contribution < -0.4 is 0 Å². The summed E-state index contributed by atoms with van der Waals surface area (Å²) in [6, 6.07) is 13.5. The maximum Gasteiger partial charge on any atom is 0.310 e. The fourth-order valence-electron chi connectivity index (χ4n) is 3.78. The van der Waals surface area contributed by atoms with Gasteiger partial charge in [0.2, 0.25) is 5.78 Å². The van der Waals surface area contributed by atoms with Gasteiger partial charge < -0.3 is 13.7 Å². The lowest BCUT2D eigenvalue weighted by Gasteiger charge is -2.04. The van der Waals surface area contributed by atoms with E-state index in [-0.39, 0.29) is 18.8 Å². The van der Waals surface area contributed by atoms with Crippen molar-refractivity contribution in [3.05, 3.63) is 71.1 Å². The summed E-state index contributed by atoms with van der Waals surface area (Å²) in [5, 5.41) is 10.5. The fourth-order valence-corrected chi connectivity index (χ4v) is 3.78. The number of ether oxygens (including phenoxy) is 1. The number of nitriles is 1. The van der Waals surface area contributed by atoms with E-state index in [1.165, 1.54) is 0 Å². The van der Waals surface area contributed by atoms with Gasteiger partial charge in [-0.15, -0.1) is 0 Å². The van der Waals surface area contributed by atoms with E-state index < -0.39 is 5.97 Å². The zero-order valence-corrected chi connectivity index (χ0v) is 17.5. The number of rotatable bonds is 7. The predicted molar refractivity (Wildman–Crippen MR) is 117 cm³/mol. The predicted octanol–water partition coefficient (Wildman–Crippen LogP) is 4.89. The van der Waals surface area contributed by atoms with Crippen molar-refractivity contribution in [3.8, 4) is 6.07 Å². The quantitative estimate of drug-likeness (QED) is 0.318. The molecule has 2 aromatic carbocycles. The van der Waals surface area contributed by atoms with Gasteiger partial charge in [-0.1, -0.05) is 30.3 Å². The van der Waals surface area contributed by atoms with Crippen molar-refractivity contribution in [2.75, 3.05) is 6.61 Å². The second-order valence-corrected chi connectivity index (χ2v) is 7.57. The fraction of sp³-hybridized carbons (Fsp3) is 0.240. The summed E-state index contributed by atoms with van der Waals surface area (Å²) in [4.78, 5) is 25.2. The molecule has 0 saturated carbocycles. The lowest BCUT2D eigenvalue weighted by molar-refractivity contribution is -0.141. The number of Topliss-reactive ketones (excluding diaryl/α,β-unsaturated/α-hetero) is 1. The van der Waals surface area contributed by atoms with Crippen LogP contribution >= 0.6 is 0 Å². The van der Waals surface area contributed by atoms with E-state index in [0.717, 1.165) is 38.6 Å². The number of carbonyl (C=O) groups is 2. The van der Waals surface area contributed by atoms with Crippen LogP contribution in [0.1, 0.15) is 33.5 Å². The smallest absolute Gasteiger partial charge is 0.310 e. The number of benzene rings is 2. The summed E-state index contributed by atoms with van der Waals surface area (Å²) in [6.07, 6.45) is 3.68. The van der Waals surface area contributed by atoms with E-state index in [4.69, 9.17) is 14.4 Å². The highest BCUT2D eigenvalue weighted by molar-refractivity contribution is 6.09. The third-order valence-electron chi connectivity index (χ3n) is 5.59. The zero-order valence-electron chi connectivity index (χ0n) is 17.5. The Balaban J connectivity index is 1.46. The van der Waals surface area contributed by atoms with Crippen LogP contribution in [0.15, 0.2) is 53.3 Å². The molecule has 0 aliphatic carbocycles. The first-order valence-corrected chi connectivity index (χ1v) is 10.1. The molecule has 0 unspecified atom stereocenters. The Hall–Kier alpha value is -3.85. The molecule has 0 atom stereocenters. The largest absolute Gasteiger partial charge is 0.464 e. The topological polar surface area (TPSA) is 85.2 Å². The second kappa shape index (κ2) is 8.49. The Morgan fingerprint density at radius 1 is 1.13 bits per heavy atom. The first kappa shape index (κ1) is 20.4. The normalized spacial score (nSPS) is 11.0. The molecule has 4 aromatic rings. The number of para-hydroxylation sites is 1. The Labute approximate surface area is 179 Å². The van der Waals surface area contributed by atoms with Crippen molar-refractivity contribution in [1.29, 1.82) is 5.26 Å². The van der Waals surface area contributed by atoms with Crippen molar-refractivity contribution in [3.63, 3.8) is 0 Å². The van der Waals surface area contributed by atoms with E-state index >= 15 is 0 Å². The number of hydrogen-bond donors (Lipinski definition) is 0. The molecule has 0 amide bonds. The van der Waals surface area contributed by atoms with Gasteiger partial charge in [0.05, 0.1) is 25.2 Å². The maximum atomic E-state index is 12.8. The summed E-state index contributed by atoms with van der Waals surface area (Å²) >= 11 is 0. The second-order valence-electron chi connectivity index (χ2n) is 7.57. The van der Waals surface area contributed by atoms with Crippen molar-refractivity contribution >= 4 is 33.6 Å². The van der Waals surface area contributed by atoms with Crippen LogP contribution in [0.25, 0.3) is 21.9 Å². The summed E-state index contributed by atoms with van der Waals surface area (Å²) < 4.78 is 12.8. The van der Waals surface area contributed by atoms with Crippen molar-refractivity contribution in [2.45, 2.75) is 33.2 Å². The minimum Gasteiger partial charge on any atom is -0.464 e. The lowest BCUT2D eigenvalue weighted by atomic mass is 10.0. The number of aromatic nitrogens is 1. The Kier molecular flexibility index (Phi) is 5.59. The molecule has 6 heteroatoms. The number of hydrogen-bond acceptors (Lipinski definition) is 5. The van der Waals surface area contributed by atoms with Crippen LogP contribution in [0.4, 0.5) is 0 Å². The first-order valence-electron chi connectivity index (χ1n) is 10.1. The summed E-state index contributed by atoms with van der Waals surface area (Å²) in [7, 11) is 0. The molecule has 2 heterocycles. The van der Waals surface area contributed by atoms with Crippen LogP contribution in [0, 0.1) is 25.2 Å². The number of carbonyl (C=O) groups excluding carboxylic acids is 2. The van der Waals surface area contributed by atoms with E-state index in [0.29, 0.717) is 18.5 Å². The molecular formula is C25H22N2O4. The number of esters is 1. The Morgan fingerprint density at radius 2 is 1.94 bits per heavy atom. The Morgan fingerprint density at radius 3 is 2.74 bits per heavy atom. The van der Waals surface area contributed by atoms with Gasteiger partial charge in [-0.2, -0.15) is 5.26 Å². The van der Waals surface area contributed by atoms with Crippen LogP contribution in [0.3, 0.4) is 0 Å². The van der Waals surface area contributed by atoms with E-state index in [2.05, 4.69) is 6.07 Å². The molecule has 0 spiro atoms. The molecule has 0 N–H and O–H groups in total. The van der Waals surface area contributed by atoms with Gasteiger partial charge in [-0.3, -0.25) is 9.59 Å². The maximum absolute atomic E-state index is 12.8. The highest BCUT2D eigenvalue weighted by atomic mass is 16.5. The average Bonchev–Trinajstić information content (AvgIpc) is 3.35. The average molecular weight is 414 g/mol. The number of furan rings is 1. The molecule has 0 saturated heterocycles. The molecule has 6 nitrogen and oxygen atoms in total. The van der Waals surface area contributed by atoms with Crippen LogP contribution in [0.2, 0.25) is 0 Å². The van der Waals surface area contributed by atoms with E-state index in [1.54, 1.807) is 12.5 Å². The van der Waals surface area contributed by atoms with Crippen molar-refractivity contribution < 1.29 is 18.7 Å². The number of nitrogens with zero attached hydrogens (tertiary/aromatic N) is 2. The van der Waals surface area contributed by atoms with Gasteiger partial charge >= 0.3 is 5.97 Å². The van der Waals surface area contributed by atoms with Gasteiger partial charge in [-0.25, -0.2) is 0 Å². The molecule has 0 aliphatic heterocycles. The molecule has 0 radical (unpaired) electrons. The Bertz CT molecular complexity index is 1340. The molecule has 31 heavy (non-hydrogen) atoms. The van der Waals surface area contributed by atoms with E-state index in [1.807, 2.05) is 54.8 Å². The summed E-state index contributed by atoms with van der Waals surface area (Å²) in [6.45, 7) is 4.15. The number of aryl methyl sites for hydroxylation is 3. The highest BCUT2D eigenvalue weighted by Gasteiger charge is 2.18. The molecule has 0 bridgehead atoms. The number of fused-ring (bicyclic) bond motifs is 2. The van der Waals surface area contributed by atoms with Gasteiger partial charge in [0.15, 0.2) is 6.61 Å². The van der Waals surface area contributed by atoms with Gasteiger partial charge in [0.1, 0.15) is 5.58 Å². The summed E-state index contributed by atoms with van der Waals surface area (Å²) in [5.41, 5.74) is 5.03. The van der Waals surface area contributed by atoms with Crippen molar-refractivity contribution in [1.82, 2.24) is 4.57 Å². The highest BCUT2D eigenvalue weighted by Crippen LogP contribution is 2.27. The molecule has 0 fully saturated rings. The molecule has 4 rings (SSSR count). The van der Waals surface area contributed by atoms with E-state index in [9.17, 15) is 9.59 Å². The SMILES string of the molecule is Cc1ccc2c(CC(=O)OCC(=O)c3cn(CCC#N)c4ccccc34)coc2c1C. The third-order valence-corrected chi connectivity index (χ3v) is 5.59. The third kappa shape index (κ3) is 3.95. The molecule has 0 aliphatic rings. The van der Waals surface area contributed by atoms with Crippen LogP contribution in [-0.2, 0) is 22.5 Å². The lowest BCUT2D eigenvalue weighted by Crippen LogP contribution is -2.15. The van der Waals surface area contributed by atoms with Crippen LogP contribution in [0.5, 0.6) is 0 Å². The van der Waals surface area contributed by atoms with Crippen LogP contribution in [-0.4, -0.2) is 22.9 Å².